The monoisotopic (exact) mass is 385 g/mol. The zero-order valence-electron chi connectivity index (χ0n) is 15.4. The number of rotatable bonds is 6. The van der Waals surface area contributed by atoms with E-state index < -0.39 is 16.7 Å². The summed E-state index contributed by atoms with van der Waals surface area (Å²) in [5, 5.41) is 13.8. The quantitative estimate of drug-likeness (QED) is 0.604. The smallest absolute Gasteiger partial charge is 0.293 e. The van der Waals surface area contributed by atoms with Crippen LogP contribution in [0.4, 0.5) is 17.1 Å². The number of nitrogens with one attached hydrogen (secondary N) is 1. The lowest BCUT2D eigenvalue weighted by molar-refractivity contribution is -0.383. The van der Waals surface area contributed by atoms with Crippen LogP contribution in [0.1, 0.15) is 6.42 Å². The molecule has 1 aliphatic rings. The first-order chi connectivity index (χ1) is 13.4. The van der Waals surface area contributed by atoms with Crippen molar-refractivity contribution < 1.29 is 24.0 Å². The fourth-order valence-electron chi connectivity index (χ4n) is 3.03. The highest BCUT2D eigenvalue weighted by atomic mass is 16.6. The van der Waals surface area contributed by atoms with Gasteiger partial charge in [0.25, 0.3) is 5.69 Å². The van der Waals surface area contributed by atoms with Crippen LogP contribution >= 0.6 is 0 Å². The summed E-state index contributed by atoms with van der Waals surface area (Å²) >= 11 is 0. The van der Waals surface area contributed by atoms with Gasteiger partial charge in [-0.05, 0) is 30.3 Å². The van der Waals surface area contributed by atoms with E-state index in [1.54, 1.807) is 31.4 Å². The standard InChI is InChI=1S/C19H19N3O6/c1-27-14-5-3-13(4-6-14)21-11-12(9-18(21)23)19(24)20-16-10-15(28-2)7-8-17(16)22(25)26/h3-8,10,12H,9,11H2,1-2H3,(H,20,24)/t12-/m1/s1. The normalized spacial score (nSPS) is 16.0. The molecule has 3 rings (SSSR count). The molecule has 0 saturated carbocycles. The Balaban J connectivity index is 1.75. The van der Waals surface area contributed by atoms with Crippen LogP contribution in [0.3, 0.4) is 0 Å². The predicted octanol–water partition coefficient (Wildman–Crippen LogP) is 2.60. The topological polar surface area (TPSA) is 111 Å². The molecule has 1 fully saturated rings. The molecule has 1 aliphatic heterocycles. The van der Waals surface area contributed by atoms with Gasteiger partial charge in [-0.2, -0.15) is 0 Å². The van der Waals surface area contributed by atoms with Crippen LogP contribution in [-0.4, -0.2) is 37.5 Å². The summed E-state index contributed by atoms with van der Waals surface area (Å²) in [6.07, 6.45) is 0.0234. The second-order valence-electron chi connectivity index (χ2n) is 6.23. The second-order valence-corrected chi connectivity index (χ2v) is 6.23. The molecule has 146 valence electrons. The molecule has 9 nitrogen and oxygen atoms in total. The van der Waals surface area contributed by atoms with Crippen molar-refractivity contribution in [2.75, 3.05) is 31.0 Å². The Labute approximate surface area is 161 Å². The highest BCUT2D eigenvalue weighted by molar-refractivity contribution is 6.04. The van der Waals surface area contributed by atoms with Crippen molar-refractivity contribution in [1.82, 2.24) is 0 Å². The SMILES string of the molecule is COc1ccc(N2C[C@H](C(=O)Nc3cc(OC)ccc3[N+](=O)[O-])CC2=O)cc1. The number of carbonyl (C=O) groups is 2. The molecule has 2 aromatic rings. The van der Waals surface area contributed by atoms with Crippen LogP contribution < -0.4 is 19.7 Å². The molecule has 1 saturated heterocycles. The summed E-state index contributed by atoms with van der Waals surface area (Å²) in [6, 6.07) is 11.0. The van der Waals surface area contributed by atoms with E-state index in [4.69, 9.17) is 9.47 Å². The van der Waals surface area contributed by atoms with E-state index in [1.807, 2.05) is 0 Å². The first kappa shape index (κ1) is 19.2. The molecule has 2 aromatic carbocycles. The van der Waals surface area contributed by atoms with Gasteiger partial charge < -0.3 is 19.7 Å². The summed E-state index contributed by atoms with van der Waals surface area (Å²) < 4.78 is 10.2. The minimum Gasteiger partial charge on any atom is -0.497 e. The van der Waals surface area contributed by atoms with Crippen LogP contribution in [0.5, 0.6) is 11.5 Å². The van der Waals surface area contributed by atoms with Crippen molar-refractivity contribution >= 4 is 28.9 Å². The van der Waals surface area contributed by atoms with E-state index >= 15 is 0 Å². The summed E-state index contributed by atoms with van der Waals surface area (Å²) in [6.45, 7) is 0.189. The van der Waals surface area contributed by atoms with Crippen LogP contribution in [0.25, 0.3) is 0 Å². The first-order valence-corrected chi connectivity index (χ1v) is 8.50. The number of hydrogen-bond acceptors (Lipinski definition) is 6. The van der Waals surface area contributed by atoms with E-state index in [9.17, 15) is 19.7 Å². The van der Waals surface area contributed by atoms with Crippen LogP contribution in [0.2, 0.25) is 0 Å². The van der Waals surface area contributed by atoms with Gasteiger partial charge in [-0.25, -0.2) is 0 Å². The Morgan fingerprint density at radius 3 is 2.39 bits per heavy atom. The minimum absolute atomic E-state index is 0.0234. The van der Waals surface area contributed by atoms with Crippen molar-refractivity contribution in [3.05, 3.63) is 52.6 Å². The molecule has 28 heavy (non-hydrogen) atoms. The lowest BCUT2D eigenvalue weighted by Crippen LogP contribution is -2.28. The van der Waals surface area contributed by atoms with Gasteiger partial charge in [-0.15, -0.1) is 0 Å². The van der Waals surface area contributed by atoms with Crippen LogP contribution in [-0.2, 0) is 9.59 Å². The number of nitro groups is 1. The average molecular weight is 385 g/mol. The number of anilines is 2. The number of carbonyl (C=O) groups excluding carboxylic acids is 2. The Morgan fingerprint density at radius 2 is 1.79 bits per heavy atom. The van der Waals surface area contributed by atoms with Crippen molar-refractivity contribution in [2.24, 2.45) is 5.92 Å². The van der Waals surface area contributed by atoms with Crippen molar-refractivity contribution in [3.63, 3.8) is 0 Å². The molecule has 0 unspecified atom stereocenters. The number of methoxy groups -OCH3 is 2. The summed E-state index contributed by atoms with van der Waals surface area (Å²) in [4.78, 5) is 37.1. The molecule has 2 amide bonds. The molecule has 0 bridgehead atoms. The van der Waals surface area contributed by atoms with E-state index in [0.717, 1.165) is 0 Å². The number of hydrogen-bond donors (Lipinski definition) is 1. The van der Waals surface area contributed by atoms with Gasteiger partial charge in [0, 0.05) is 30.8 Å². The average Bonchev–Trinajstić information content (AvgIpc) is 3.09. The third-order valence-corrected chi connectivity index (χ3v) is 4.54. The second kappa shape index (κ2) is 7.95. The predicted molar refractivity (Wildman–Crippen MR) is 102 cm³/mol. The number of nitrogens with zero attached hydrogens (tertiary/aromatic N) is 2. The Bertz CT molecular complexity index is 912. The summed E-state index contributed by atoms with van der Waals surface area (Å²) in [5.74, 6) is -0.232. The molecule has 9 heteroatoms. The van der Waals surface area contributed by atoms with E-state index in [0.29, 0.717) is 17.2 Å². The van der Waals surface area contributed by atoms with E-state index in [1.165, 1.54) is 30.2 Å². The van der Waals surface area contributed by atoms with Crippen molar-refractivity contribution in [1.29, 1.82) is 0 Å². The first-order valence-electron chi connectivity index (χ1n) is 8.50. The van der Waals surface area contributed by atoms with Crippen LogP contribution in [0.15, 0.2) is 42.5 Å². The number of amides is 2. The maximum atomic E-state index is 12.6. The Hall–Kier alpha value is -3.62. The molecule has 0 aliphatic carbocycles. The highest BCUT2D eigenvalue weighted by Gasteiger charge is 2.35. The third kappa shape index (κ3) is 3.88. The van der Waals surface area contributed by atoms with Crippen molar-refractivity contribution in [3.8, 4) is 11.5 Å². The lowest BCUT2D eigenvalue weighted by Gasteiger charge is -2.17. The van der Waals surface area contributed by atoms with Gasteiger partial charge in [0.15, 0.2) is 0 Å². The fraction of sp³-hybridized carbons (Fsp3) is 0.263. The summed E-state index contributed by atoms with van der Waals surface area (Å²) in [7, 11) is 2.98. The zero-order valence-corrected chi connectivity index (χ0v) is 15.4. The van der Waals surface area contributed by atoms with Crippen LogP contribution in [0, 0.1) is 16.0 Å². The van der Waals surface area contributed by atoms with Gasteiger partial charge in [0.1, 0.15) is 17.2 Å². The van der Waals surface area contributed by atoms with Gasteiger partial charge in [0.05, 0.1) is 25.1 Å². The lowest BCUT2D eigenvalue weighted by atomic mass is 10.1. The number of nitro benzene ring substituents is 1. The molecule has 1 N–H and O–H groups in total. The van der Waals surface area contributed by atoms with Gasteiger partial charge in [0.2, 0.25) is 11.8 Å². The number of ether oxygens (including phenoxy) is 2. The molecule has 0 aromatic heterocycles. The van der Waals surface area contributed by atoms with Gasteiger partial charge in [-0.3, -0.25) is 19.7 Å². The summed E-state index contributed by atoms with van der Waals surface area (Å²) in [5.41, 5.74) is 0.448. The van der Waals surface area contributed by atoms with E-state index in [-0.39, 0.29) is 30.2 Å². The van der Waals surface area contributed by atoms with E-state index in [2.05, 4.69) is 5.32 Å². The maximum absolute atomic E-state index is 12.6. The third-order valence-electron chi connectivity index (χ3n) is 4.54. The molecular weight excluding hydrogens is 366 g/mol. The molecule has 0 radical (unpaired) electrons. The number of benzene rings is 2. The zero-order chi connectivity index (χ0) is 20.3. The Kier molecular flexibility index (Phi) is 5.44. The fourth-order valence-corrected chi connectivity index (χ4v) is 3.03. The molecular formula is C19H19N3O6. The highest BCUT2D eigenvalue weighted by Crippen LogP contribution is 2.31. The largest absolute Gasteiger partial charge is 0.497 e. The molecule has 1 atom stereocenters. The minimum atomic E-state index is -0.625. The molecule has 1 heterocycles. The van der Waals surface area contributed by atoms with Gasteiger partial charge in [-0.1, -0.05) is 0 Å². The van der Waals surface area contributed by atoms with Crippen molar-refractivity contribution in [2.45, 2.75) is 6.42 Å². The van der Waals surface area contributed by atoms with Gasteiger partial charge >= 0.3 is 0 Å². The molecule has 0 spiro atoms. The maximum Gasteiger partial charge on any atom is 0.293 e. The Morgan fingerprint density at radius 1 is 1.14 bits per heavy atom.